The molecule has 0 radical (unpaired) electrons. The molecule has 2 aliphatic rings. The van der Waals surface area contributed by atoms with Gasteiger partial charge >= 0.3 is 12.0 Å². The van der Waals surface area contributed by atoms with Gasteiger partial charge in [-0.1, -0.05) is 18.2 Å². The van der Waals surface area contributed by atoms with Crippen LogP contribution < -0.4 is 14.8 Å². The summed E-state index contributed by atoms with van der Waals surface area (Å²) in [4.78, 5) is 34.0. The number of aromatic carboxylic acids is 1. The van der Waals surface area contributed by atoms with Crippen molar-refractivity contribution in [2.75, 3.05) is 18.7 Å². The molecule has 2 amide bonds. The van der Waals surface area contributed by atoms with E-state index in [9.17, 15) is 14.7 Å². The Morgan fingerprint density at radius 1 is 1.17 bits per heavy atom. The zero-order chi connectivity index (χ0) is 20.7. The van der Waals surface area contributed by atoms with Crippen LogP contribution in [0.1, 0.15) is 33.4 Å². The third kappa shape index (κ3) is 3.00. The van der Waals surface area contributed by atoms with Crippen LogP contribution in [0.25, 0.3) is 0 Å². The summed E-state index contributed by atoms with van der Waals surface area (Å²) in [6.45, 7) is 0.600. The summed E-state index contributed by atoms with van der Waals surface area (Å²) in [6, 6.07) is 11.0. The Hall–Kier alpha value is -4.01. The normalized spacial score (nSPS) is 16.8. The van der Waals surface area contributed by atoms with Gasteiger partial charge in [-0.05, 0) is 29.8 Å². The summed E-state index contributed by atoms with van der Waals surface area (Å²) in [5.41, 5.74) is 2.82. The van der Waals surface area contributed by atoms with Gasteiger partial charge in [0.15, 0.2) is 11.5 Å². The Kier molecular flexibility index (Phi) is 4.27. The molecule has 2 aromatic carbocycles. The fraction of sp³-hybridized carbons (Fsp3) is 0.190. The minimum atomic E-state index is -1.11. The molecule has 0 fully saturated rings. The molecule has 3 aromatic rings. The average Bonchev–Trinajstić information content (AvgIpc) is 3.41. The first-order valence-electron chi connectivity index (χ1n) is 9.43. The van der Waals surface area contributed by atoms with Gasteiger partial charge in [0.25, 0.3) is 0 Å². The number of hydrogen-bond acceptors (Lipinski definition) is 5. The molecule has 1 aromatic heterocycles. The molecule has 9 nitrogen and oxygen atoms in total. The molecular weight excluding hydrogens is 388 g/mol. The van der Waals surface area contributed by atoms with Gasteiger partial charge in [0.05, 0.1) is 23.3 Å². The van der Waals surface area contributed by atoms with Gasteiger partial charge in [0.1, 0.15) is 6.04 Å². The van der Waals surface area contributed by atoms with E-state index >= 15 is 0 Å². The second-order valence-corrected chi connectivity index (χ2v) is 7.01. The van der Waals surface area contributed by atoms with Crippen molar-refractivity contribution >= 4 is 17.7 Å². The number of carbonyl (C=O) groups excluding carboxylic acids is 1. The maximum Gasteiger partial charge on any atom is 0.337 e. The first kappa shape index (κ1) is 18.0. The lowest BCUT2D eigenvalue weighted by Crippen LogP contribution is -2.43. The molecule has 3 N–H and O–H groups in total. The van der Waals surface area contributed by atoms with Gasteiger partial charge in [0, 0.05) is 18.7 Å². The quantitative estimate of drug-likeness (QED) is 0.616. The van der Waals surface area contributed by atoms with Crippen LogP contribution in [-0.2, 0) is 6.42 Å². The van der Waals surface area contributed by atoms with Crippen LogP contribution in [0, 0.1) is 0 Å². The predicted molar refractivity (Wildman–Crippen MR) is 106 cm³/mol. The summed E-state index contributed by atoms with van der Waals surface area (Å²) in [6.07, 6.45) is 2.23. The zero-order valence-electron chi connectivity index (χ0n) is 15.8. The molecule has 152 valence electrons. The number of nitrogens with zero attached hydrogens (tertiary/aromatic N) is 2. The number of benzene rings is 2. The number of carboxylic acids is 1. The smallest absolute Gasteiger partial charge is 0.337 e. The van der Waals surface area contributed by atoms with E-state index in [-0.39, 0.29) is 18.0 Å². The molecule has 1 atom stereocenters. The summed E-state index contributed by atoms with van der Waals surface area (Å²) in [5, 5.41) is 12.2. The molecule has 0 saturated carbocycles. The fourth-order valence-corrected chi connectivity index (χ4v) is 3.88. The monoisotopic (exact) mass is 406 g/mol. The summed E-state index contributed by atoms with van der Waals surface area (Å²) < 4.78 is 10.9. The number of aromatic nitrogens is 2. The lowest BCUT2D eigenvalue weighted by Gasteiger charge is -2.35. The number of para-hydroxylation sites is 1. The zero-order valence-corrected chi connectivity index (χ0v) is 15.8. The molecular formula is C21H18N4O5. The van der Waals surface area contributed by atoms with Crippen LogP contribution in [0.15, 0.2) is 48.8 Å². The Balaban J connectivity index is 1.51. The molecule has 0 saturated heterocycles. The lowest BCUT2D eigenvalue weighted by atomic mass is 9.95. The second kappa shape index (κ2) is 7.11. The number of amides is 2. The third-order valence-electron chi connectivity index (χ3n) is 5.30. The number of rotatable bonds is 3. The SMILES string of the molecule is O=C(O)c1ccccc1NC(=O)N1CCc2[nH]cnc2[C@@H]1c1ccc2c(c1)OCO2. The molecule has 0 bridgehead atoms. The Morgan fingerprint density at radius 2 is 2.00 bits per heavy atom. The molecule has 2 aliphatic heterocycles. The number of hydrogen-bond donors (Lipinski definition) is 3. The number of urea groups is 1. The number of nitrogens with one attached hydrogen (secondary N) is 2. The van der Waals surface area contributed by atoms with Crippen LogP contribution in [0.5, 0.6) is 11.5 Å². The standard InChI is InChI=1S/C21H18N4O5/c26-20(27)13-3-1-2-4-14(13)24-21(28)25-8-7-15-18(23-10-22-15)19(25)12-5-6-16-17(9-12)30-11-29-16/h1-6,9-10,19H,7-8,11H2,(H,22,23)(H,24,28)(H,26,27)/t19-/m0/s1. The van der Waals surface area contributed by atoms with Crippen molar-refractivity contribution in [2.24, 2.45) is 0 Å². The van der Waals surface area contributed by atoms with Crippen molar-refractivity contribution in [3.05, 3.63) is 71.3 Å². The first-order chi connectivity index (χ1) is 14.6. The van der Waals surface area contributed by atoms with Crippen molar-refractivity contribution < 1.29 is 24.2 Å². The largest absolute Gasteiger partial charge is 0.478 e. The molecule has 9 heteroatoms. The van der Waals surface area contributed by atoms with Crippen LogP contribution in [0.2, 0.25) is 0 Å². The summed E-state index contributed by atoms with van der Waals surface area (Å²) in [7, 11) is 0. The summed E-state index contributed by atoms with van der Waals surface area (Å²) in [5.74, 6) is 0.168. The van der Waals surface area contributed by atoms with Crippen molar-refractivity contribution in [2.45, 2.75) is 12.5 Å². The highest BCUT2D eigenvalue weighted by atomic mass is 16.7. The highest BCUT2D eigenvalue weighted by molar-refractivity contribution is 6.00. The van der Waals surface area contributed by atoms with Crippen LogP contribution >= 0.6 is 0 Å². The number of aromatic amines is 1. The van der Waals surface area contributed by atoms with E-state index < -0.39 is 18.0 Å². The average molecular weight is 406 g/mol. The van der Waals surface area contributed by atoms with Crippen LogP contribution in [0.3, 0.4) is 0 Å². The maximum atomic E-state index is 13.2. The number of ether oxygens (including phenoxy) is 2. The Labute approximate surface area is 171 Å². The van der Waals surface area contributed by atoms with E-state index in [4.69, 9.17) is 9.47 Å². The van der Waals surface area contributed by atoms with Crippen molar-refractivity contribution in [1.82, 2.24) is 14.9 Å². The van der Waals surface area contributed by atoms with Crippen molar-refractivity contribution in [3.8, 4) is 11.5 Å². The van der Waals surface area contributed by atoms with E-state index in [1.807, 2.05) is 18.2 Å². The van der Waals surface area contributed by atoms with Crippen LogP contribution in [0.4, 0.5) is 10.5 Å². The molecule has 0 unspecified atom stereocenters. The van der Waals surface area contributed by atoms with Gasteiger partial charge in [-0.25, -0.2) is 14.6 Å². The molecule has 5 rings (SSSR count). The van der Waals surface area contributed by atoms with Crippen LogP contribution in [-0.4, -0.2) is 45.3 Å². The maximum absolute atomic E-state index is 13.2. The highest BCUT2D eigenvalue weighted by Gasteiger charge is 2.35. The van der Waals surface area contributed by atoms with Gasteiger partial charge in [-0.2, -0.15) is 0 Å². The Morgan fingerprint density at radius 3 is 2.87 bits per heavy atom. The third-order valence-corrected chi connectivity index (χ3v) is 5.30. The minimum Gasteiger partial charge on any atom is -0.478 e. The molecule has 0 spiro atoms. The van der Waals surface area contributed by atoms with Crippen molar-refractivity contribution in [1.29, 1.82) is 0 Å². The predicted octanol–water partition coefficient (Wildman–Crippen LogP) is 3.02. The fourth-order valence-electron chi connectivity index (χ4n) is 3.88. The summed E-state index contributed by atoms with van der Waals surface area (Å²) >= 11 is 0. The van der Waals surface area contributed by atoms with Gasteiger partial charge in [-0.15, -0.1) is 0 Å². The van der Waals surface area contributed by atoms with E-state index in [0.29, 0.717) is 24.5 Å². The first-order valence-corrected chi connectivity index (χ1v) is 9.43. The van der Waals surface area contributed by atoms with E-state index in [1.54, 1.807) is 29.4 Å². The number of H-pyrrole nitrogens is 1. The van der Waals surface area contributed by atoms with Gasteiger partial charge in [0.2, 0.25) is 6.79 Å². The number of imidazole rings is 1. The lowest BCUT2D eigenvalue weighted by molar-refractivity contribution is 0.0698. The minimum absolute atomic E-state index is 0.0305. The molecule has 3 heterocycles. The van der Waals surface area contributed by atoms with Crippen molar-refractivity contribution in [3.63, 3.8) is 0 Å². The van der Waals surface area contributed by atoms with Gasteiger partial charge < -0.3 is 29.8 Å². The number of carbonyl (C=O) groups is 2. The van der Waals surface area contributed by atoms with E-state index in [0.717, 1.165) is 17.0 Å². The Bertz CT molecular complexity index is 1140. The number of anilines is 1. The molecule has 30 heavy (non-hydrogen) atoms. The number of fused-ring (bicyclic) bond motifs is 2. The second-order valence-electron chi connectivity index (χ2n) is 7.01. The highest BCUT2D eigenvalue weighted by Crippen LogP contribution is 2.39. The topological polar surface area (TPSA) is 117 Å². The van der Waals surface area contributed by atoms with E-state index in [1.165, 1.54) is 6.07 Å². The number of carboxylic acid groups (broad SMARTS) is 1. The molecule has 0 aliphatic carbocycles. The van der Waals surface area contributed by atoms with E-state index in [2.05, 4.69) is 15.3 Å². The van der Waals surface area contributed by atoms with Gasteiger partial charge in [-0.3, -0.25) is 0 Å².